The highest BCUT2D eigenvalue weighted by Crippen LogP contribution is 2.54. The van der Waals surface area contributed by atoms with E-state index in [-0.39, 0.29) is 28.9 Å². The molecule has 174 valence electrons. The molecule has 0 bridgehead atoms. The molecule has 9 heteroatoms. The van der Waals surface area contributed by atoms with Crippen molar-refractivity contribution in [3.63, 3.8) is 0 Å². The van der Waals surface area contributed by atoms with E-state index in [1.807, 2.05) is 26.0 Å². The van der Waals surface area contributed by atoms with Crippen molar-refractivity contribution in [2.45, 2.75) is 25.9 Å². The maximum absolute atomic E-state index is 14.1. The van der Waals surface area contributed by atoms with Crippen LogP contribution in [-0.2, 0) is 6.42 Å². The standard InChI is InChI=1S/C25H20ClNO7/c1-10-5-14-19(11(2)12-6-15-16(33-9-32-15)7-13(12)27-14)23(28)25(10)24(29)20-17(30-3)8-18(31-4)21(26)22(20)34-25/h6-8,10H,5,9H2,1-4H3. The van der Waals surface area contributed by atoms with Crippen LogP contribution in [0.5, 0.6) is 28.7 Å². The van der Waals surface area contributed by atoms with Gasteiger partial charge in [0.15, 0.2) is 17.2 Å². The molecule has 0 saturated heterocycles. The molecule has 1 spiro atoms. The molecule has 0 saturated carbocycles. The molecule has 1 aliphatic carbocycles. The van der Waals surface area contributed by atoms with Gasteiger partial charge in [0.05, 0.1) is 25.4 Å². The quantitative estimate of drug-likeness (QED) is 0.499. The van der Waals surface area contributed by atoms with Crippen molar-refractivity contribution in [2.75, 3.05) is 21.0 Å². The molecule has 0 fully saturated rings. The van der Waals surface area contributed by atoms with E-state index >= 15 is 0 Å². The molecular weight excluding hydrogens is 462 g/mol. The minimum Gasteiger partial charge on any atom is -0.496 e. The van der Waals surface area contributed by atoms with E-state index in [4.69, 9.17) is 40.3 Å². The van der Waals surface area contributed by atoms with Gasteiger partial charge in [0.2, 0.25) is 24.0 Å². The number of carbonyl (C=O) groups is 2. The molecule has 8 nitrogen and oxygen atoms in total. The maximum atomic E-state index is 14.1. The van der Waals surface area contributed by atoms with Crippen molar-refractivity contribution in [1.82, 2.24) is 4.98 Å². The van der Waals surface area contributed by atoms with Crippen LogP contribution in [0.2, 0.25) is 5.02 Å². The first-order valence-corrected chi connectivity index (χ1v) is 11.2. The summed E-state index contributed by atoms with van der Waals surface area (Å²) in [4.78, 5) is 32.8. The van der Waals surface area contributed by atoms with Gasteiger partial charge in [0, 0.05) is 29.0 Å². The molecule has 3 aromatic rings. The van der Waals surface area contributed by atoms with Crippen molar-refractivity contribution in [3.05, 3.63) is 45.6 Å². The molecule has 0 amide bonds. The third-order valence-corrected chi connectivity index (χ3v) is 7.35. The molecule has 0 N–H and O–H groups in total. The summed E-state index contributed by atoms with van der Waals surface area (Å²) in [5, 5.41) is 0.872. The second kappa shape index (κ2) is 6.99. The maximum Gasteiger partial charge on any atom is 0.236 e. The Kier molecular flexibility index (Phi) is 4.33. The molecule has 2 aliphatic heterocycles. The number of hydrogen-bond donors (Lipinski definition) is 0. The fraction of sp³-hybridized carbons (Fsp3) is 0.320. The molecule has 1 aromatic heterocycles. The van der Waals surface area contributed by atoms with E-state index in [1.165, 1.54) is 20.3 Å². The fourth-order valence-electron chi connectivity index (χ4n) is 5.24. The number of aromatic nitrogens is 1. The Morgan fingerprint density at radius 2 is 1.71 bits per heavy atom. The lowest BCUT2D eigenvalue weighted by atomic mass is 9.70. The van der Waals surface area contributed by atoms with Crippen LogP contribution in [0.25, 0.3) is 10.9 Å². The van der Waals surface area contributed by atoms with Gasteiger partial charge in [-0.15, -0.1) is 0 Å². The summed E-state index contributed by atoms with van der Waals surface area (Å²) in [5.41, 5.74) is 0.787. The third kappa shape index (κ3) is 2.46. The van der Waals surface area contributed by atoms with Gasteiger partial charge in [0.1, 0.15) is 22.1 Å². The first kappa shape index (κ1) is 21.0. The average molecular weight is 482 g/mol. The molecule has 2 unspecified atom stereocenters. The topological polar surface area (TPSA) is 93.2 Å². The summed E-state index contributed by atoms with van der Waals surface area (Å²) in [6, 6.07) is 5.15. The zero-order valence-electron chi connectivity index (χ0n) is 18.9. The molecule has 6 rings (SSSR count). The van der Waals surface area contributed by atoms with Crippen molar-refractivity contribution in [3.8, 4) is 28.7 Å². The Morgan fingerprint density at radius 1 is 1.03 bits per heavy atom. The highest BCUT2D eigenvalue weighted by molar-refractivity contribution is 6.36. The molecule has 3 aliphatic rings. The normalized spacial score (nSPS) is 22.1. The highest BCUT2D eigenvalue weighted by atomic mass is 35.5. The number of nitrogens with zero attached hydrogens (tertiary/aromatic N) is 1. The first-order valence-electron chi connectivity index (χ1n) is 10.8. The van der Waals surface area contributed by atoms with Crippen LogP contribution in [0.4, 0.5) is 0 Å². The van der Waals surface area contributed by atoms with E-state index in [0.29, 0.717) is 46.0 Å². The van der Waals surface area contributed by atoms with Gasteiger partial charge in [-0.3, -0.25) is 14.6 Å². The van der Waals surface area contributed by atoms with E-state index in [2.05, 4.69) is 0 Å². The summed E-state index contributed by atoms with van der Waals surface area (Å²) in [5.74, 6) is 0.419. The van der Waals surface area contributed by atoms with Crippen LogP contribution in [0, 0.1) is 12.8 Å². The predicted octanol–water partition coefficient (Wildman–Crippen LogP) is 4.33. The zero-order valence-corrected chi connectivity index (χ0v) is 19.7. The van der Waals surface area contributed by atoms with E-state index in [9.17, 15) is 9.59 Å². The van der Waals surface area contributed by atoms with E-state index < -0.39 is 23.1 Å². The van der Waals surface area contributed by atoms with Crippen molar-refractivity contribution in [2.24, 2.45) is 5.92 Å². The Hall–Kier alpha value is -3.52. The molecule has 2 aromatic carbocycles. The Labute approximate surface area is 199 Å². The van der Waals surface area contributed by atoms with Gasteiger partial charge in [-0.1, -0.05) is 18.5 Å². The lowest BCUT2D eigenvalue weighted by Crippen LogP contribution is -2.57. The summed E-state index contributed by atoms with van der Waals surface area (Å²) >= 11 is 6.50. The number of carbonyl (C=O) groups excluding carboxylic acids is 2. The van der Waals surface area contributed by atoms with E-state index in [1.54, 1.807) is 0 Å². The van der Waals surface area contributed by atoms with Crippen LogP contribution in [0.1, 0.15) is 38.9 Å². The minimum absolute atomic E-state index is 0.0984. The first-order chi connectivity index (χ1) is 16.3. The van der Waals surface area contributed by atoms with Crippen LogP contribution in [-0.4, -0.2) is 43.2 Å². The zero-order chi connectivity index (χ0) is 23.9. The largest absolute Gasteiger partial charge is 0.496 e. The van der Waals surface area contributed by atoms with Crippen molar-refractivity contribution in [1.29, 1.82) is 0 Å². The van der Waals surface area contributed by atoms with E-state index in [0.717, 1.165) is 5.39 Å². The van der Waals surface area contributed by atoms with Gasteiger partial charge in [-0.25, -0.2) is 0 Å². The predicted molar refractivity (Wildman–Crippen MR) is 122 cm³/mol. The lowest BCUT2D eigenvalue weighted by Gasteiger charge is -2.37. The summed E-state index contributed by atoms with van der Waals surface area (Å²) in [7, 11) is 2.89. The number of ether oxygens (including phenoxy) is 5. The summed E-state index contributed by atoms with van der Waals surface area (Å²) < 4.78 is 28.0. The fourth-order valence-corrected chi connectivity index (χ4v) is 5.51. The molecular formula is C25H20ClNO7. The number of aryl methyl sites for hydroxylation is 1. The van der Waals surface area contributed by atoms with Crippen molar-refractivity contribution >= 4 is 34.1 Å². The van der Waals surface area contributed by atoms with Gasteiger partial charge in [-0.2, -0.15) is 0 Å². The van der Waals surface area contributed by atoms with Crippen molar-refractivity contribution < 1.29 is 33.3 Å². The number of ketones is 2. The minimum atomic E-state index is -1.77. The Bertz CT molecular complexity index is 1450. The second-order valence-electron chi connectivity index (χ2n) is 8.68. The smallest absolute Gasteiger partial charge is 0.236 e. The van der Waals surface area contributed by atoms with Gasteiger partial charge >= 0.3 is 0 Å². The van der Waals surface area contributed by atoms with Gasteiger partial charge in [-0.05, 0) is 25.0 Å². The number of fused-ring (bicyclic) bond motifs is 4. The molecule has 0 radical (unpaired) electrons. The van der Waals surface area contributed by atoms with Gasteiger partial charge < -0.3 is 23.7 Å². The Morgan fingerprint density at radius 3 is 2.41 bits per heavy atom. The van der Waals surface area contributed by atoms with Crippen LogP contribution < -0.4 is 23.7 Å². The summed E-state index contributed by atoms with van der Waals surface area (Å²) in [6.07, 6.45) is 0.364. The second-order valence-corrected chi connectivity index (χ2v) is 9.06. The molecule has 2 atom stereocenters. The number of benzene rings is 2. The number of methoxy groups -OCH3 is 2. The molecule has 3 heterocycles. The Balaban J connectivity index is 1.56. The lowest BCUT2D eigenvalue weighted by molar-refractivity contribution is 0.0256. The van der Waals surface area contributed by atoms with Crippen LogP contribution >= 0.6 is 11.6 Å². The SMILES string of the molecule is COc1cc(OC)c2c(c1Cl)OC1(C2=O)C(=O)c2c(nc3cc4c(cc3c2C)OCO4)CC1C. The number of Topliss-reactive ketones (excluding diaryl/α,β-unsaturated/α-hetero) is 2. The van der Waals surface area contributed by atoms with Crippen LogP contribution in [0.3, 0.4) is 0 Å². The number of pyridine rings is 1. The molecule has 34 heavy (non-hydrogen) atoms. The monoisotopic (exact) mass is 481 g/mol. The number of rotatable bonds is 2. The number of hydrogen-bond acceptors (Lipinski definition) is 8. The average Bonchev–Trinajstić information content (AvgIpc) is 3.40. The highest BCUT2D eigenvalue weighted by Gasteiger charge is 2.62. The van der Waals surface area contributed by atoms with Crippen LogP contribution in [0.15, 0.2) is 18.2 Å². The summed E-state index contributed by atoms with van der Waals surface area (Å²) in [6.45, 7) is 3.79. The third-order valence-electron chi connectivity index (χ3n) is 6.99. The number of halogens is 1. The van der Waals surface area contributed by atoms with Gasteiger partial charge in [0.25, 0.3) is 0 Å².